The van der Waals surface area contributed by atoms with Gasteiger partial charge in [0.15, 0.2) is 5.69 Å². The molecule has 0 fully saturated rings. The molecule has 0 aliphatic heterocycles. The zero-order valence-corrected chi connectivity index (χ0v) is 16.4. The third-order valence-corrected chi connectivity index (χ3v) is 4.70. The van der Waals surface area contributed by atoms with E-state index in [9.17, 15) is 28.1 Å². The van der Waals surface area contributed by atoms with E-state index in [0.29, 0.717) is 0 Å². The number of alkyl halides is 3. The second kappa shape index (κ2) is 7.35. The van der Waals surface area contributed by atoms with Crippen molar-refractivity contribution >= 4 is 49.1 Å². The molecule has 1 aromatic carbocycles. The van der Waals surface area contributed by atoms with Crippen LogP contribution in [0.15, 0.2) is 27.1 Å². The molecule has 2 rings (SSSR count). The average Bonchev–Trinajstić information content (AvgIpc) is 2.91. The highest BCUT2D eigenvalue weighted by molar-refractivity contribution is 9.11. The summed E-state index contributed by atoms with van der Waals surface area (Å²) in [5.41, 5.74) is -0.907. The van der Waals surface area contributed by atoms with Crippen molar-refractivity contribution in [2.75, 3.05) is 5.32 Å². The van der Waals surface area contributed by atoms with E-state index in [2.05, 4.69) is 42.3 Å². The van der Waals surface area contributed by atoms with Gasteiger partial charge in [-0.3, -0.25) is 19.6 Å². The molecule has 0 aliphatic rings. The lowest BCUT2D eigenvalue weighted by Crippen LogP contribution is -2.26. The van der Waals surface area contributed by atoms with Gasteiger partial charge in [-0.1, -0.05) is 0 Å². The first kappa shape index (κ1) is 20.4. The molecular weight excluding hydrogens is 489 g/mol. The van der Waals surface area contributed by atoms with Gasteiger partial charge in [-0.2, -0.15) is 18.3 Å². The van der Waals surface area contributed by atoms with Crippen molar-refractivity contribution in [2.24, 2.45) is 0 Å². The fraction of sp³-hybridized carbons (Fsp3) is 0.286. The predicted octanol–water partition coefficient (Wildman–Crippen LogP) is 4.84. The molecule has 26 heavy (non-hydrogen) atoms. The fourth-order valence-electron chi connectivity index (χ4n) is 2.14. The standard InChI is InChI=1S/C14H11Br2F3N4O3/c1-6-3-11(14(17,18)19)21-22(6)7(2)13(24)20-12-9(15)4-8(23(25)26)5-10(12)16/h3-5,7H,1-2H3,(H,20,24). The van der Waals surface area contributed by atoms with Gasteiger partial charge in [0.1, 0.15) is 6.04 Å². The highest BCUT2D eigenvalue weighted by Gasteiger charge is 2.35. The Morgan fingerprint density at radius 1 is 1.31 bits per heavy atom. The third kappa shape index (κ3) is 4.23. The zero-order chi connectivity index (χ0) is 19.8. The van der Waals surface area contributed by atoms with E-state index in [1.807, 2.05) is 0 Å². The summed E-state index contributed by atoms with van der Waals surface area (Å²) in [5.74, 6) is -0.639. The van der Waals surface area contributed by atoms with Crippen LogP contribution in [-0.4, -0.2) is 20.6 Å². The minimum absolute atomic E-state index is 0.168. The Morgan fingerprint density at radius 3 is 2.27 bits per heavy atom. The quantitative estimate of drug-likeness (QED) is 0.481. The summed E-state index contributed by atoms with van der Waals surface area (Å²) in [6, 6.07) is 2.21. The molecule has 0 spiro atoms. The lowest BCUT2D eigenvalue weighted by Gasteiger charge is -2.16. The van der Waals surface area contributed by atoms with Crippen LogP contribution in [0.5, 0.6) is 0 Å². The number of aryl methyl sites for hydroxylation is 1. The number of hydrogen-bond donors (Lipinski definition) is 1. The molecule has 0 radical (unpaired) electrons. The maximum atomic E-state index is 12.8. The molecule has 2 aromatic rings. The number of carbonyl (C=O) groups excluding carboxylic acids is 1. The molecule has 1 N–H and O–H groups in total. The van der Waals surface area contributed by atoms with E-state index in [4.69, 9.17) is 0 Å². The average molecular weight is 500 g/mol. The SMILES string of the molecule is Cc1cc(C(F)(F)F)nn1C(C)C(=O)Nc1c(Br)cc([N+](=O)[O-])cc1Br. The van der Waals surface area contributed by atoms with Crippen LogP contribution in [0.3, 0.4) is 0 Å². The largest absolute Gasteiger partial charge is 0.435 e. The second-order valence-electron chi connectivity index (χ2n) is 5.32. The summed E-state index contributed by atoms with van der Waals surface area (Å²) in [5, 5.41) is 16.8. The number of anilines is 1. The van der Waals surface area contributed by atoms with Gasteiger partial charge in [0.05, 0.1) is 10.6 Å². The first-order chi connectivity index (χ1) is 11.9. The van der Waals surface area contributed by atoms with Crippen molar-refractivity contribution in [3.05, 3.63) is 48.6 Å². The Labute approximate surface area is 162 Å². The zero-order valence-electron chi connectivity index (χ0n) is 13.3. The lowest BCUT2D eigenvalue weighted by molar-refractivity contribution is -0.385. The van der Waals surface area contributed by atoms with Crippen LogP contribution >= 0.6 is 31.9 Å². The predicted molar refractivity (Wildman–Crippen MR) is 93.8 cm³/mol. The molecule has 1 atom stereocenters. The summed E-state index contributed by atoms with van der Waals surface area (Å²) in [6.45, 7) is 2.80. The molecule has 0 saturated carbocycles. The molecule has 0 aliphatic carbocycles. The Balaban J connectivity index is 2.28. The van der Waals surface area contributed by atoms with Crippen molar-refractivity contribution in [1.29, 1.82) is 0 Å². The van der Waals surface area contributed by atoms with E-state index in [-0.39, 0.29) is 26.0 Å². The van der Waals surface area contributed by atoms with Gasteiger partial charge >= 0.3 is 6.18 Å². The molecule has 1 heterocycles. The number of benzene rings is 1. The van der Waals surface area contributed by atoms with Gasteiger partial charge < -0.3 is 5.32 Å². The van der Waals surface area contributed by atoms with Crippen LogP contribution in [0.4, 0.5) is 24.5 Å². The van der Waals surface area contributed by atoms with Crippen LogP contribution < -0.4 is 5.32 Å². The topological polar surface area (TPSA) is 90.1 Å². The number of nitro groups is 1. The summed E-state index contributed by atoms with van der Waals surface area (Å²) >= 11 is 6.25. The maximum absolute atomic E-state index is 12.8. The van der Waals surface area contributed by atoms with Crippen LogP contribution in [0.2, 0.25) is 0 Å². The normalized spacial score (nSPS) is 12.7. The minimum atomic E-state index is -4.61. The molecule has 0 bridgehead atoms. The Hall–Kier alpha value is -1.95. The third-order valence-electron chi connectivity index (χ3n) is 3.45. The van der Waals surface area contributed by atoms with E-state index in [1.165, 1.54) is 26.0 Å². The number of hydrogen-bond acceptors (Lipinski definition) is 4. The Morgan fingerprint density at radius 2 is 1.85 bits per heavy atom. The molecule has 1 unspecified atom stereocenters. The van der Waals surface area contributed by atoms with Crippen molar-refractivity contribution < 1.29 is 22.9 Å². The van der Waals surface area contributed by atoms with E-state index in [1.54, 1.807) is 0 Å². The molecule has 1 amide bonds. The van der Waals surface area contributed by atoms with Gasteiger partial charge in [0.2, 0.25) is 5.91 Å². The fourth-order valence-corrected chi connectivity index (χ4v) is 3.50. The van der Waals surface area contributed by atoms with Gasteiger partial charge in [-0.15, -0.1) is 0 Å². The van der Waals surface area contributed by atoms with Crippen LogP contribution in [0.1, 0.15) is 24.4 Å². The summed E-state index contributed by atoms with van der Waals surface area (Å²) in [4.78, 5) is 22.6. The molecule has 1 aromatic heterocycles. The maximum Gasteiger partial charge on any atom is 0.435 e. The van der Waals surface area contributed by atoms with E-state index < -0.39 is 28.7 Å². The monoisotopic (exact) mass is 498 g/mol. The van der Waals surface area contributed by atoms with Gasteiger partial charge in [-0.25, -0.2) is 0 Å². The van der Waals surface area contributed by atoms with Gasteiger partial charge in [-0.05, 0) is 51.8 Å². The Kier molecular flexibility index (Phi) is 5.76. The summed E-state index contributed by atoms with van der Waals surface area (Å²) in [7, 11) is 0. The summed E-state index contributed by atoms with van der Waals surface area (Å²) < 4.78 is 39.7. The minimum Gasteiger partial charge on any atom is -0.322 e. The number of rotatable bonds is 4. The first-order valence-electron chi connectivity index (χ1n) is 6.99. The van der Waals surface area contributed by atoms with Crippen LogP contribution in [-0.2, 0) is 11.0 Å². The number of carbonyl (C=O) groups is 1. The van der Waals surface area contributed by atoms with Crippen LogP contribution in [0.25, 0.3) is 0 Å². The number of aromatic nitrogens is 2. The summed E-state index contributed by atoms with van der Waals surface area (Å²) in [6.07, 6.45) is -4.61. The second-order valence-corrected chi connectivity index (χ2v) is 7.03. The molecular formula is C14H11Br2F3N4O3. The highest BCUT2D eigenvalue weighted by atomic mass is 79.9. The number of nitro benzene ring substituents is 1. The van der Waals surface area contributed by atoms with Crippen molar-refractivity contribution in [1.82, 2.24) is 9.78 Å². The van der Waals surface area contributed by atoms with E-state index >= 15 is 0 Å². The van der Waals surface area contributed by atoms with Crippen molar-refractivity contribution in [3.8, 4) is 0 Å². The number of nitrogens with zero attached hydrogens (tertiary/aromatic N) is 3. The lowest BCUT2D eigenvalue weighted by atomic mass is 10.2. The van der Waals surface area contributed by atoms with Crippen molar-refractivity contribution in [2.45, 2.75) is 26.1 Å². The number of amides is 1. The van der Waals surface area contributed by atoms with Crippen molar-refractivity contribution in [3.63, 3.8) is 0 Å². The first-order valence-corrected chi connectivity index (χ1v) is 8.58. The molecule has 140 valence electrons. The molecule has 0 saturated heterocycles. The Bertz CT molecular complexity index is 860. The molecule has 7 nitrogen and oxygen atoms in total. The van der Waals surface area contributed by atoms with E-state index in [0.717, 1.165) is 10.7 Å². The van der Waals surface area contributed by atoms with Crippen LogP contribution in [0, 0.1) is 17.0 Å². The number of non-ortho nitro benzene ring substituents is 1. The van der Waals surface area contributed by atoms with Gasteiger partial charge in [0, 0.05) is 26.8 Å². The highest BCUT2D eigenvalue weighted by Crippen LogP contribution is 2.36. The number of nitrogens with one attached hydrogen (secondary N) is 1. The molecule has 12 heteroatoms. The number of halogens is 5. The van der Waals surface area contributed by atoms with Gasteiger partial charge in [0.25, 0.3) is 5.69 Å². The smallest absolute Gasteiger partial charge is 0.322 e.